The summed E-state index contributed by atoms with van der Waals surface area (Å²) in [7, 11) is 0. The summed E-state index contributed by atoms with van der Waals surface area (Å²) in [5.41, 5.74) is 1.43. The van der Waals surface area contributed by atoms with Crippen LogP contribution in [0, 0.1) is 0 Å². The highest BCUT2D eigenvalue weighted by Crippen LogP contribution is 2.25. The van der Waals surface area contributed by atoms with E-state index in [1.165, 1.54) is 5.56 Å². The van der Waals surface area contributed by atoms with Crippen molar-refractivity contribution in [1.29, 1.82) is 0 Å². The topological polar surface area (TPSA) is 50.1 Å². The lowest BCUT2D eigenvalue weighted by molar-refractivity contribution is 0.0581. The second-order valence-electron chi connectivity index (χ2n) is 5.92. The van der Waals surface area contributed by atoms with Crippen molar-refractivity contribution < 1.29 is 5.11 Å². The van der Waals surface area contributed by atoms with Gasteiger partial charge in [0.2, 0.25) is 0 Å². The van der Waals surface area contributed by atoms with Crippen LogP contribution in [-0.4, -0.2) is 21.2 Å². The molecule has 0 amide bonds. The van der Waals surface area contributed by atoms with E-state index in [9.17, 15) is 5.11 Å². The highest BCUT2D eigenvalue weighted by atomic mass is 32.1. The first-order valence-electron chi connectivity index (χ1n) is 7.64. The van der Waals surface area contributed by atoms with E-state index in [1.807, 2.05) is 35.2 Å². The Morgan fingerprint density at radius 3 is 2.70 bits per heavy atom. The summed E-state index contributed by atoms with van der Waals surface area (Å²) in [6.45, 7) is 4.47. The molecule has 2 atom stereocenters. The number of hydrogen-bond acceptors (Lipinski definition) is 4. The van der Waals surface area contributed by atoms with Crippen molar-refractivity contribution in [3.8, 4) is 5.69 Å². The van der Waals surface area contributed by atoms with Crippen LogP contribution in [0.25, 0.3) is 5.69 Å². The van der Waals surface area contributed by atoms with E-state index in [4.69, 9.17) is 0 Å². The molecule has 0 fully saturated rings. The van der Waals surface area contributed by atoms with Crippen molar-refractivity contribution in [1.82, 2.24) is 14.9 Å². The van der Waals surface area contributed by atoms with Crippen molar-refractivity contribution in [3.05, 3.63) is 70.9 Å². The Labute approximate surface area is 140 Å². The molecule has 120 valence electrons. The Morgan fingerprint density at radius 2 is 2.09 bits per heavy atom. The molecular formula is C18H21N3OS. The quantitative estimate of drug-likeness (QED) is 0.728. The van der Waals surface area contributed by atoms with Gasteiger partial charge in [0.25, 0.3) is 0 Å². The van der Waals surface area contributed by atoms with Gasteiger partial charge in [0, 0.05) is 35.5 Å². The number of nitrogens with one attached hydrogen (secondary N) is 1. The summed E-state index contributed by atoms with van der Waals surface area (Å²) in [4.78, 5) is 5.04. The monoisotopic (exact) mass is 327 g/mol. The van der Waals surface area contributed by atoms with E-state index >= 15 is 0 Å². The molecule has 0 spiro atoms. The van der Waals surface area contributed by atoms with Gasteiger partial charge in [-0.3, -0.25) is 0 Å². The average Bonchev–Trinajstić information content (AvgIpc) is 3.26. The number of imidazole rings is 1. The number of aromatic nitrogens is 2. The van der Waals surface area contributed by atoms with Gasteiger partial charge in [0.05, 0.1) is 6.33 Å². The second-order valence-corrected chi connectivity index (χ2v) is 6.86. The molecule has 23 heavy (non-hydrogen) atoms. The molecule has 0 radical (unpaired) electrons. The van der Waals surface area contributed by atoms with Crippen LogP contribution in [0.15, 0.2) is 60.5 Å². The number of thiophene rings is 1. The Morgan fingerprint density at radius 1 is 1.30 bits per heavy atom. The molecule has 2 aromatic heterocycles. The van der Waals surface area contributed by atoms with Crippen molar-refractivity contribution in [2.45, 2.75) is 25.5 Å². The lowest BCUT2D eigenvalue weighted by Gasteiger charge is -2.25. The third-order valence-electron chi connectivity index (χ3n) is 4.00. The van der Waals surface area contributed by atoms with E-state index in [-0.39, 0.29) is 6.04 Å². The standard InChI is InChI=1S/C18H21N3OS/c1-14(20-12-18(2,22)17-4-3-11-23-17)15-5-7-16(8-6-15)21-10-9-19-13-21/h3-11,13-14,20,22H,12H2,1-2H3/t14-,18+/m0/s1. The third-order valence-corrected chi connectivity index (χ3v) is 5.12. The van der Waals surface area contributed by atoms with Gasteiger partial charge >= 0.3 is 0 Å². The van der Waals surface area contributed by atoms with Gasteiger partial charge in [-0.05, 0) is 43.0 Å². The molecular weight excluding hydrogens is 306 g/mol. The van der Waals surface area contributed by atoms with Crippen LogP contribution in [0.1, 0.15) is 30.3 Å². The van der Waals surface area contributed by atoms with Crippen molar-refractivity contribution >= 4 is 11.3 Å². The van der Waals surface area contributed by atoms with E-state index < -0.39 is 5.60 Å². The lowest BCUT2D eigenvalue weighted by atomic mass is 10.0. The molecule has 0 aliphatic carbocycles. The maximum Gasteiger partial charge on any atom is 0.108 e. The average molecular weight is 327 g/mol. The number of nitrogens with zero attached hydrogens (tertiary/aromatic N) is 2. The van der Waals surface area contributed by atoms with Gasteiger partial charge in [0.15, 0.2) is 0 Å². The maximum atomic E-state index is 10.6. The fourth-order valence-corrected chi connectivity index (χ4v) is 3.28. The minimum Gasteiger partial charge on any atom is -0.383 e. The number of rotatable bonds is 6. The minimum absolute atomic E-state index is 0.165. The zero-order chi connectivity index (χ0) is 16.3. The van der Waals surface area contributed by atoms with Crippen LogP contribution in [0.4, 0.5) is 0 Å². The van der Waals surface area contributed by atoms with Gasteiger partial charge in [0.1, 0.15) is 5.60 Å². The fourth-order valence-electron chi connectivity index (χ4n) is 2.49. The van der Waals surface area contributed by atoms with Gasteiger partial charge in [-0.1, -0.05) is 18.2 Å². The summed E-state index contributed by atoms with van der Waals surface area (Å²) in [5.74, 6) is 0. The number of aliphatic hydroxyl groups is 1. The summed E-state index contributed by atoms with van der Waals surface area (Å²) in [6, 6.07) is 12.5. The van der Waals surface area contributed by atoms with Gasteiger partial charge < -0.3 is 15.0 Å². The minimum atomic E-state index is -0.848. The molecule has 0 unspecified atom stereocenters. The zero-order valence-corrected chi connectivity index (χ0v) is 14.1. The molecule has 0 saturated carbocycles. The zero-order valence-electron chi connectivity index (χ0n) is 13.3. The van der Waals surface area contributed by atoms with Gasteiger partial charge in [-0.15, -0.1) is 11.3 Å². The maximum absolute atomic E-state index is 10.6. The molecule has 0 bridgehead atoms. The van der Waals surface area contributed by atoms with Crippen molar-refractivity contribution in [3.63, 3.8) is 0 Å². The molecule has 2 N–H and O–H groups in total. The summed E-state index contributed by atoms with van der Waals surface area (Å²) in [6.07, 6.45) is 5.48. The first-order chi connectivity index (χ1) is 11.1. The highest BCUT2D eigenvalue weighted by molar-refractivity contribution is 7.10. The normalized spacial score (nSPS) is 15.3. The molecule has 2 heterocycles. The van der Waals surface area contributed by atoms with Crippen molar-refractivity contribution in [2.75, 3.05) is 6.54 Å². The molecule has 0 saturated heterocycles. The van der Waals surface area contributed by atoms with Crippen LogP contribution in [-0.2, 0) is 5.60 Å². The number of benzene rings is 1. The van der Waals surface area contributed by atoms with Gasteiger partial charge in [-0.25, -0.2) is 4.98 Å². The molecule has 5 heteroatoms. The van der Waals surface area contributed by atoms with E-state index in [1.54, 1.807) is 23.9 Å². The van der Waals surface area contributed by atoms with E-state index in [0.717, 1.165) is 10.6 Å². The fraction of sp³-hybridized carbons (Fsp3) is 0.278. The Hall–Kier alpha value is -1.95. The smallest absolute Gasteiger partial charge is 0.108 e. The predicted octanol–water partition coefficient (Wildman–Crippen LogP) is 3.49. The van der Waals surface area contributed by atoms with E-state index in [2.05, 4.69) is 41.5 Å². The lowest BCUT2D eigenvalue weighted by Crippen LogP contribution is -2.36. The number of hydrogen-bond donors (Lipinski definition) is 2. The Kier molecular flexibility index (Phi) is 4.61. The third kappa shape index (κ3) is 3.69. The SMILES string of the molecule is C[C@H](NC[C@@](C)(O)c1cccs1)c1ccc(-n2ccnc2)cc1. The molecule has 3 aromatic rings. The van der Waals surface area contributed by atoms with Crippen LogP contribution < -0.4 is 5.32 Å². The second kappa shape index (κ2) is 6.66. The van der Waals surface area contributed by atoms with Gasteiger partial charge in [-0.2, -0.15) is 0 Å². The Bertz CT molecular complexity index is 718. The summed E-state index contributed by atoms with van der Waals surface area (Å²) in [5, 5.41) is 16.0. The van der Waals surface area contributed by atoms with Crippen LogP contribution in [0.5, 0.6) is 0 Å². The molecule has 0 aliphatic rings. The highest BCUT2D eigenvalue weighted by Gasteiger charge is 2.24. The van der Waals surface area contributed by atoms with Crippen LogP contribution in [0.3, 0.4) is 0 Å². The molecule has 3 rings (SSSR count). The molecule has 1 aromatic carbocycles. The van der Waals surface area contributed by atoms with Crippen LogP contribution >= 0.6 is 11.3 Å². The first-order valence-corrected chi connectivity index (χ1v) is 8.52. The molecule has 0 aliphatic heterocycles. The molecule has 4 nitrogen and oxygen atoms in total. The summed E-state index contributed by atoms with van der Waals surface area (Å²) < 4.78 is 1.98. The largest absolute Gasteiger partial charge is 0.383 e. The first kappa shape index (κ1) is 15.9. The van der Waals surface area contributed by atoms with E-state index in [0.29, 0.717) is 6.54 Å². The summed E-state index contributed by atoms with van der Waals surface area (Å²) >= 11 is 1.58. The van der Waals surface area contributed by atoms with Crippen LogP contribution in [0.2, 0.25) is 0 Å². The Balaban J connectivity index is 1.63. The van der Waals surface area contributed by atoms with Crippen molar-refractivity contribution in [2.24, 2.45) is 0 Å². The predicted molar refractivity (Wildman–Crippen MR) is 93.9 cm³/mol.